The van der Waals surface area contributed by atoms with Crippen molar-refractivity contribution < 1.29 is 29.7 Å². The Balaban J connectivity index is 0.000000249. The molecule has 0 aromatic rings. The molecule has 0 bridgehead atoms. The van der Waals surface area contributed by atoms with Gasteiger partial charge in [-0.3, -0.25) is 14.4 Å². The van der Waals surface area contributed by atoms with Crippen molar-refractivity contribution in [3.8, 4) is 0 Å². The van der Waals surface area contributed by atoms with Gasteiger partial charge in [0.15, 0.2) is 0 Å². The molecule has 3 aliphatic heterocycles. The second-order valence-corrected chi connectivity index (χ2v) is 3.90. The van der Waals surface area contributed by atoms with Crippen LogP contribution in [0.25, 0.3) is 0 Å². The Kier molecular flexibility index (Phi) is 7.86. The van der Waals surface area contributed by atoms with Crippen molar-refractivity contribution in [2.45, 2.75) is 18.1 Å². The van der Waals surface area contributed by atoms with E-state index in [1.807, 2.05) is 0 Å². The summed E-state index contributed by atoms with van der Waals surface area (Å²) in [5.74, 6) is -2.22. The van der Waals surface area contributed by atoms with Crippen molar-refractivity contribution in [1.29, 1.82) is 0 Å². The van der Waals surface area contributed by atoms with Crippen LogP contribution in [-0.2, 0) is 14.4 Å². The van der Waals surface area contributed by atoms with E-state index in [1.54, 1.807) is 0 Å². The fourth-order valence-corrected chi connectivity index (χ4v) is 0.701. The Hall–Kier alpha value is -0.944. The first-order valence-electron chi connectivity index (χ1n) is 5.30. The molecule has 0 amide bonds. The molecule has 0 aromatic carbocycles. The summed E-state index contributed by atoms with van der Waals surface area (Å²) in [5, 5.41) is 31.9. The minimum atomic E-state index is -0.741. The van der Waals surface area contributed by atoms with Crippen LogP contribution >= 0.6 is 0 Å². The fraction of sp³-hybridized carbons (Fsp3) is 0.667. The van der Waals surface area contributed by atoms with Crippen molar-refractivity contribution in [3.63, 3.8) is 0 Å². The van der Waals surface area contributed by atoms with E-state index in [4.69, 9.17) is 15.3 Å². The fourth-order valence-electron chi connectivity index (χ4n) is 0.701. The Morgan fingerprint density at radius 2 is 0.842 bits per heavy atom. The maximum Gasteiger partial charge on any atom is 0.322 e. The van der Waals surface area contributed by atoms with Crippen molar-refractivity contribution in [1.82, 2.24) is 16.0 Å². The molecule has 3 heterocycles. The molecule has 19 heavy (non-hydrogen) atoms. The zero-order chi connectivity index (χ0) is 13.7. The molecular formula is C9H17MgN3O6. The number of nitrogens with one attached hydrogen (secondary N) is 3. The zero-order valence-corrected chi connectivity index (χ0v) is 9.42. The minimum Gasteiger partial charge on any atom is -0.480 e. The SMILES string of the molecule is O=C(O)C1CN1.O=C(O)C1CN1.O=C(O)C1CN1.[MgH2]. The highest BCUT2D eigenvalue weighted by Crippen LogP contribution is 1.94. The topological polar surface area (TPSA) is 178 Å². The number of hydrogen-bond acceptors (Lipinski definition) is 6. The van der Waals surface area contributed by atoms with Crippen LogP contribution in [0.4, 0.5) is 0 Å². The van der Waals surface area contributed by atoms with Crippen LogP contribution in [-0.4, -0.2) is 94.0 Å². The van der Waals surface area contributed by atoms with Crippen LogP contribution in [0.1, 0.15) is 0 Å². The summed E-state index contributed by atoms with van der Waals surface area (Å²) in [5.41, 5.74) is 0. The molecule has 0 aromatic heterocycles. The van der Waals surface area contributed by atoms with E-state index in [2.05, 4.69) is 16.0 Å². The van der Waals surface area contributed by atoms with Crippen LogP contribution in [0.2, 0.25) is 0 Å². The number of rotatable bonds is 3. The molecule has 0 aliphatic carbocycles. The number of aliphatic carboxylic acids is 3. The second-order valence-electron chi connectivity index (χ2n) is 3.90. The first-order valence-corrected chi connectivity index (χ1v) is 5.30. The van der Waals surface area contributed by atoms with Crippen molar-refractivity contribution in [2.75, 3.05) is 19.6 Å². The largest absolute Gasteiger partial charge is 0.480 e. The maximum absolute atomic E-state index is 9.70. The third-order valence-corrected chi connectivity index (χ3v) is 2.12. The lowest BCUT2D eigenvalue weighted by Crippen LogP contribution is -2.06. The van der Waals surface area contributed by atoms with E-state index in [0.717, 1.165) is 0 Å². The predicted octanol–water partition coefficient (Wildman–Crippen LogP) is -3.79. The van der Waals surface area contributed by atoms with Gasteiger partial charge in [0.2, 0.25) is 0 Å². The number of carboxylic acid groups (broad SMARTS) is 3. The van der Waals surface area contributed by atoms with Crippen molar-refractivity contribution >= 4 is 41.0 Å². The van der Waals surface area contributed by atoms with Crippen LogP contribution in [0.3, 0.4) is 0 Å². The average molecular weight is 288 g/mol. The highest BCUT2D eigenvalue weighted by molar-refractivity contribution is 5.77. The minimum absolute atomic E-state index is 0. The molecule has 106 valence electrons. The van der Waals surface area contributed by atoms with E-state index in [1.165, 1.54) is 0 Å². The summed E-state index contributed by atoms with van der Waals surface area (Å²) in [6.45, 7) is 1.94. The monoisotopic (exact) mass is 287 g/mol. The molecular weight excluding hydrogens is 270 g/mol. The van der Waals surface area contributed by atoms with Gasteiger partial charge in [-0.1, -0.05) is 0 Å². The smallest absolute Gasteiger partial charge is 0.322 e. The van der Waals surface area contributed by atoms with Gasteiger partial charge in [-0.2, -0.15) is 0 Å². The lowest BCUT2D eigenvalue weighted by molar-refractivity contribution is -0.137. The first-order chi connectivity index (χ1) is 8.41. The van der Waals surface area contributed by atoms with Crippen LogP contribution in [0.15, 0.2) is 0 Å². The molecule has 0 radical (unpaired) electrons. The van der Waals surface area contributed by atoms with Gasteiger partial charge in [0.25, 0.3) is 0 Å². The molecule has 6 N–H and O–H groups in total. The predicted molar refractivity (Wildman–Crippen MR) is 66.8 cm³/mol. The summed E-state index contributed by atoms with van der Waals surface area (Å²) < 4.78 is 0. The molecule has 0 spiro atoms. The Morgan fingerprint density at radius 3 is 0.842 bits per heavy atom. The van der Waals surface area contributed by atoms with E-state index in [0.29, 0.717) is 19.6 Å². The van der Waals surface area contributed by atoms with Gasteiger partial charge in [0.1, 0.15) is 18.1 Å². The highest BCUT2D eigenvalue weighted by atomic mass is 24.3. The summed E-state index contributed by atoms with van der Waals surface area (Å²) in [6, 6.07) is -0.694. The summed E-state index contributed by atoms with van der Waals surface area (Å²) >= 11 is 0. The standard InChI is InChI=1S/3C3H5NO2.Mg.2H/c3*5-3(6)2-1-4-2;;;/h3*2,4H,1H2,(H,5,6);;;. The molecule has 3 fully saturated rings. The lowest BCUT2D eigenvalue weighted by atomic mass is 10.5. The molecule has 3 rings (SSSR count). The summed E-state index contributed by atoms with van der Waals surface area (Å²) in [7, 11) is 0. The van der Waals surface area contributed by atoms with Crippen molar-refractivity contribution in [3.05, 3.63) is 0 Å². The van der Waals surface area contributed by atoms with Gasteiger partial charge in [-0.05, 0) is 0 Å². The third-order valence-electron chi connectivity index (χ3n) is 2.12. The number of carbonyl (C=O) groups is 3. The quantitative estimate of drug-likeness (QED) is 0.224. The third kappa shape index (κ3) is 9.61. The normalized spacial score (nSPS) is 28.1. The van der Waals surface area contributed by atoms with Crippen LogP contribution in [0, 0.1) is 0 Å². The van der Waals surface area contributed by atoms with Crippen LogP contribution in [0.5, 0.6) is 0 Å². The van der Waals surface area contributed by atoms with Gasteiger partial charge in [0, 0.05) is 19.6 Å². The first kappa shape index (κ1) is 18.1. The second kappa shape index (κ2) is 8.27. The molecule has 3 aliphatic rings. The molecule has 10 heteroatoms. The van der Waals surface area contributed by atoms with Gasteiger partial charge in [-0.25, -0.2) is 0 Å². The summed E-state index contributed by atoms with van der Waals surface area (Å²) in [4.78, 5) is 29.1. The number of hydrogen-bond donors (Lipinski definition) is 6. The average Bonchev–Trinajstić information content (AvgIpc) is 3.22. The molecule has 3 atom stereocenters. The Labute approximate surface area is 124 Å². The maximum atomic E-state index is 9.70. The van der Waals surface area contributed by atoms with E-state index in [9.17, 15) is 14.4 Å². The molecule has 3 unspecified atom stereocenters. The Bertz CT molecular complexity index is 289. The molecule has 9 nitrogen and oxygen atoms in total. The zero-order valence-electron chi connectivity index (χ0n) is 9.42. The van der Waals surface area contributed by atoms with Gasteiger partial charge < -0.3 is 31.3 Å². The Morgan fingerprint density at radius 1 is 0.684 bits per heavy atom. The van der Waals surface area contributed by atoms with Crippen molar-refractivity contribution in [2.24, 2.45) is 0 Å². The lowest BCUT2D eigenvalue weighted by Gasteiger charge is -1.74. The van der Waals surface area contributed by atoms with E-state index < -0.39 is 17.9 Å². The molecule has 3 saturated heterocycles. The molecule has 0 saturated carbocycles. The van der Waals surface area contributed by atoms with Crippen LogP contribution < -0.4 is 16.0 Å². The summed E-state index contributed by atoms with van der Waals surface area (Å²) in [6.07, 6.45) is 0. The van der Waals surface area contributed by atoms with Gasteiger partial charge in [-0.15, -0.1) is 0 Å². The van der Waals surface area contributed by atoms with Gasteiger partial charge in [0.05, 0.1) is 0 Å². The number of carboxylic acids is 3. The van der Waals surface area contributed by atoms with Gasteiger partial charge >= 0.3 is 41.0 Å². The van der Waals surface area contributed by atoms with E-state index >= 15 is 0 Å². The van der Waals surface area contributed by atoms with E-state index in [-0.39, 0.29) is 41.2 Å². The highest BCUT2D eigenvalue weighted by Gasteiger charge is 2.28.